The lowest BCUT2D eigenvalue weighted by molar-refractivity contribution is 0.102. The molecule has 8 heteroatoms. The predicted molar refractivity (Wildman–Crippen MR) is 116 cm³/mol. The molecule has 4 rings (SSSR count). The van der Waals surface area contributed by atoms with Crippen LogP contribution in [0.15, 0.2) is 59.6 Å². The lowest BCUT2D eigenvalue weighted by Crippen LogP contribution is -2.35. The number of sulfonamides is 1. The Morgan fingerprint density at radius 3 is 2.60 bits per heavy atom. The van der Waals surface area contributed by atoms with Gasteiger partial charge in [0.1, 0.15) is 0 Å². The molecular formula is C22H24N4O3S. The van der Waals surface area contributed by atoms with E-state index in [4.69, 9.17) is 0 Å². The van der Waals surface area contributed by atoms with Gasteiger partial charge in [0.25, 0.3) is 5.91 Å². The second-order valence-electron chi connectivity index (χ2n) is 7.45. The number of carbonyl (C=O) groups excluding carboxylic acids is 1. The molecule has 1 amide bonds. The van der Waals surface area contributed by atoms with Crippen LogP contribution in [0.2, 0.25) is 0 Å². The highest BCUT2D eigenvalue weighted by atomic mass is 32.2. The van der Waals surface area contributed by atoms with Gasteiger partial charge in [-0.15, -0.1) is 0 Å². The van der Waals surface area contributed by atoms with Crippen molar-refractivity contribution in [2.24, 2.45) is 0 Å². The average Bonchev–Trinajstić information content (AvgIpc) is 3.30. The number of aryl methyl sites for hydroxylation is 1. The number of benzene rings is 2. The number of aromatic nitrogens is 2. The fraction of sp³-hybridized carbons (Fsp3) is 0.273. The number of nitrogens with zero attached hydrogens (tertiary/aromatic N) is 2. The smallest absolute Gasteiger partial charge is 0.255 e. The average molecular weight is 425 g/mol. The van der Waals surface area contributed by atoms with Crippen molar-refractivity contribution in [1.29, 1.82) is 0 Å². The standard InChI is InChI=1S/C22H24N4O3S/c1-16-8-9-19(30(28,29)26-12-3-2-4-13-26)15-20(16)22(27)24-18-7-5-6-17(14-18)21-10-11-23-25-21/h5-11,14-15H,2-4,12-13H2,1H3,(H,23,25)(H,24,27). The number of piperidine rings is 1. The third-order valence-corrected chi connectivity index (χ3v) is 7.23. The van der Waals surface area contributed by atoms with E-state index in [1.54, 1.807) is 31.3 Å². The van der Waals surface area contributed by atoms with Crippen LogP contribution in [0.1, 0.15) is 35.2 Å². The SMILES string of the molecule is Cc1ccc(S(=O)(=O)N2CCCCC2)cc1C(=O)Nc1cccc(-c2ccn[nH]2)c1. The first-order chi connectivity index (χ1) is 14.4. The van der Waals surface area contributed by atoms with Gasteiger partial charge < -0.3 is 5.32 Å². The number of amides is 1. The monoisotopic (exact) mass is 424 g/mol. The van der Waals surface area contributed by atoms with E-state index in [9.17, 15) is 13.2 Å². The molecule has 0 aliphatic carbocycles. The number of rotatable bonds is 5. The van der Waals surface area contributed by atoms with Gasteiger partial charge in [-0.1, -0.05) is 24.6 Å². The van der Waals surface area contributed by atoms with Crippen LogP contribution in [0.4, 0.5) is 5.69 Å². The van der Waals surface area contributed by atoms with Crippen LogP contribution >= 0.6 is 0 Å². The zero-order valence-electron chi connectivity index (χ0n) is 16.8. The molecule has 2 N–H and O–H groups in total. The Bertz CT molecular complexity index is 1150. The molecule has 0 radical (unpaired) electrons. The Labute approximate surface area is 176 Å². The molecule has 0 unspecified atom stereocenters. The minimum atomic E-state index is -3.60. The van der Waals surface area contributed by atoms with Crippen molar-refractivity contribution in [3.05, 3.63) is 65.9 Å². The molecule has 2 heterocycles. The molecule has 30 heavy (non-hydrogen) atoms. The molecule has 2 aromatic carbocycles. The number of hydrogen-bond acceptors (Lipinski definition) is 4. The summed E-state index contributed by atoms with van der Waals surface area (Å²) < 4.78 is 27.5. The molecule has 0 spiro atoms. The molecule has 1 fully saturated rings. The van der Waals surface area contributed by atoms with Crippen molar-refractivity contribution < 1.29 is 13.2 Å². The van der Waals surface area contributed by atoms with Crippen LogP contribution in [-0.4, -0.2) is 41.9 Å². The predicted octanol–water partition coefficient (Wildman–Crippen LogP) is 3.81. The fourth-order valence-electron chi connectivity index (χ4n) is 3.64. The largest absolute Gasteiger partial charge is 0.322 e. The first kappa shape index (κ1) is 20.3. The fourth-order valence-corrected chi connectivity index (χ4v) is 5.18. The Kier molecular flexibility index (Phi) is 5.69. The summed E-state index contributed by atoms with van der Waals surface area (Å²) in [5.74, 6) is -0.343. The molecular weight excluding hydrogens is 400 g/mol. The summed E-state index contributed by atoms with van der Waals surface area (Å²) in [6.07, 6.45) is 4.44. The summed E-state index contributed by atoms with van der Waals surface area (Å²) >= 11 is 0. The summed E-state index contributed by atoms with van der Waals surface area (Å²) in [6, 6.07) is 14.0. The van der Waals surface area contributed by atoms with E-state index < -0.39 is 10.0 Å². The molecule has 3 aromatic rings. The summed E-state index contributed by atoms with van der Waals surface area (Å²) in [4.78, 5) is 13.1. The van der Waals surface area contributed by atoms with Crippen molar-refractivity contribution in [2.75, 3.05) is 18.4 Å². The van der Waals surface area contributed by atoms with Gasteiger partial charge in [0.05, 0.1) is 10.6 Å². The summed E-state index contributed by atoms with van der Waals surface area (Å²) in [5.41, 5.74) is 3.42. The molecule has 1 saturated heterocycles. The maximum atomic E-state index is 13.0. The Morgan fingerprint density at radius 1 is 1.07 bits per heavy atom. The van der Waals surface area contributed by atoms with Crippen molar-refractivity contribution in [3.8, 4) is 11.3 Å². The minimum Gasteiger partial charge on any atom is -0.322 e. The number of hydrogen-bond donors (Lipinski definition) is 2. The first-order valence-corrected chi connectivity index (χ1v) is 11.4. The van der Waals surface area contributed by atoms with Crippen LogP contribution in [0.5, 0.6) is 0 Å². The van der Waals surface area contributed by atoms with Crippen LogP contribution in [0.25, 0.3) is 11.3 Å². The van der Waals surface area contributed by atoms with Gasteiger partial charge in [0.15, 0.2) is 0 Å². The molecule has 1 aliphatic rings. The number of carbonyl (C=O) groups is 1. The zero-order chi connectivity index (χ0) is 21.1. The highest BCUT2D eigenvalue weighted by Crippen LogP contribution is 2.24. The Morgan fingerprint density at radius 2 is 1.87 bits per heavy atom. The van der Waals surface area contributed by atoms with Crippen molar-refractivity contribution in [3.63, 3.8) is 0 Å². The second kappa shape index (κ2) is 8.41. The maximum absolute atomic E-state index is 13.0. The van der Waals surface area contributed by atoms with E-state index in [0.717, 1.165) is 36.1 Å². The minimum absolute atomic E-state index is 0.159. The van der Waals surface area contributed by atoms with Crippen LogP contribution in [-0.2, 0) is 10.0 Å². The highest BCUT2D eigenvalue weighted by Gasteiger charge is 2.27. The summed E-state index contributed by atoms with van der Waals surface area (Å²) in [6.45, 7) is 2.85. The third-order valence-electron chi connectivity index (χ3n) is 5.34. The van der Waals surface area contributed by atoms with Gasteiger partial charge in [-0.25, -0.2) is 8.42 Å². The van der Waals surface area contributed by atoms with Gasteiger partial charge in [-0.2, -0.15) is 9.40 Å². The second-order valence-corrected chi connectivity index (χ2v) is 9.38. The van der Waals surface area contributed by atoms with E-state index in [1.807, 2.05) is 24.3 Å². The molecule has 0 atom stereocenters. The van der Waals surface area contributed by atoms with Crippen molar-refractivity contribution in [2.45, 2.75) is 31.1 Å². The maximum Gasteiger partial charge on any atom is 0.255 e. The summed E-state index contributed by atoms with van der Waals surface area (Å²) in [5, 5.41) is 9.72. The molecule has 1 aromatic heterocycles. The summed E-state index contributed by atoms with van der Waals surface area (Å²) in [7, 11) is -3.60. The molecule has 7 nitrogen and oxygen atoms in total. The number of aromatic amines is 1. The van der Waals surface area contributed by atoms with Gasteiger partial charge >= 0.3 is 0 Å². The Balaban J connectivity index is 1.59. The quantitative estimate of drug-likeness (QED) is 0.651. The molecule has 0 bridgehead atoms. The topological polar surface area (TPSA) is 95.2 Å². The number of anilines is 1. The number of nitrogens with one attached hydrogen (secondary N) is 2. The van der Waals surface area contributed by atoms with Crippen LogP contribution in [0.3, 0.4) is 0 Å². The van der Waals surface area contributed by atoms with E-state index in [1.165, 1.54) is 10.4 Å². The van der Waals surface area contributed by atoms with Gasteiger partial charge in [0.2, 0.25) is 10.0 Å². The van der Waals surface area contributed by atoms with Crippen molar-refractivity contribution >= 4 is 21.6 Å². The lowest BCUT2D eigenvalue weighted by Gasteiger charge is -2.26. The molecule has 156 valence electrons. The van der Waals surface area contributed by atoms with Crippen LogP contribution < -0.4 is 5.32 Å². The number of H-pyrrole nitrogens is 1. The lowest BCUT2D eigenvalue weighted by atomic mass is 10.1. The Hall–Kier alpha value is -2.97. The van der Waals surface area contributed by atoms with E-state index in [-0.39, 0.29) is 10.8 Å². The van der Waals surface area contributed by atoms with Crippen LogP contribution in [0, 0.1) is 6.92 Å². The zero-order valence-corrected chi connectivity index (χ0v) is 17.6. The van der Waals surface area contributed by atoms with Gasteiger partial charge in [-0.05, 0) is 55.7 Å². The van der Waals surface area contributed by atoms with Crippen molar-refractivity contribution in [1.82, 2.24) is 14.5 Å². The molecule has 1 aliphatic heterocycles. The highest BCUT2D eigenvalue weighted by molar-refractivity contribution is 7.89. The molecule has 0 saturated carbocycles. The normalized spacial score (nSPS) is 15.1. The van der Waals surface area contributed by atoms with Gasteiger partial charge in [0, 0.05) is 36.1 Å². The third kappa shape index (κ3) is 4.15. The van der Waals surface area contributed by atoms with Gasteiger partial charge in [-0.3, -0.25) is 9.89 Å². The van der Waals surface area contributed by atoms with E-state index in [0.29, 0.717) is 24.3 Å². The van der Waals surface area contributed by atoms with E-state index >= 15 is 0 Å². The first-order valence-electron chi connectivity index (χ1n) is 9.97. The van der Waals surface area contributed by atoms with E-state index in [2.05, 4.69) is 15.5 Å².